The molecule has 0 saturated carbocycles. The van der Waals surface area contributed by atoms with Crippen LogP contribution in [-0.2, 0) is 0 Å². The first-order valence-electron chi connectivity index (χ1n) is 11.1. The Morgan fingerprint density at radius 1 is 1.06 bits per heavy atom. The number of rotatable bonds is 4. The monoisotopic (exact) mass is 454 g/mol. The van der Waals surface area contributed by atoms with Gasteiger partial charge in [-0.3, -0.25) is 9.36 Å². The molecule has 34 heavy (non-hydrogen) atoms. The molecule has 4 aromatic rings. The van der Waals surface area contributed by atoms with Crippen molar-refractivity contribution in [2.45, 2.75) is 6.92 Å². The first-order valence-corrected chi connectivity index (χ1v) is 11.1. The van der Waals surface area contributed by atoms with Crippen molar-refractivity contribution >= 4 is 22.5 Å². The van der Waals surface area contributed by atoms with Crippen LogP contribution in [0, 0.1) is 19.3 Å². The van der Waals surface area contributed by atoms with Gasteiger partial charge >= 0.3 is 0 Å². The van der Waals surface area contributed by atoms with E-state index in [1.807, 2.05) is 41.8 Å². The summed E-state index contributed by atoms with van der Waals surface area (Å²) in [6.07, 6.45) is 0. The number of halogens is 1. The van der Waals surface area contributed by atoms with Crippen LogP contribution in [0.1, 0.15) is 15.9 Å². The molecule has 1 aromatic heterocycles. The van der Waals surface area contributed by atoms with Gasteiger partial charge < -0.3 is 15.0 Å². The molecule has 2 heterocycles. The van der Waals surface area contributed by atoms with E-state index in [0.29, 0.717) is 60.0 Å². The zero-order valence-electron chi connectivity index (χ0n) is 18.7. The van der Waals surface area contributed by atoms with Gasteiger partial charge in [-0.05, 0) is 36.8 Å². The van der Waals surface area contributed by atoms with Gasteiger partial charge in [0.05, 0.1) is 6.57 Å². The summed E-state index contributed by atoms with van der Waals surface area (Å²) in [6, 6.07) is 19.1. The zero-order valence-corrected chi connectivity index (χ0v) is 18.7. The fourth-order valence-electron chi connectivity index (χ4n) is 4.27. The number of para-hydroxylation sites is 1. The van der Waals surface area contributed by atoms with Crippen molar-refractivity contribution in [3.05, 3.63) is 95.1 Å². The van der Waals surface area contributed by atoms with E-state index in [0.717, 1.165) is 11.3 Å². The molecule has 1 fully saturated rings. The number of hydrogen-bond acceptors (Lipinski definition) is 3. The lowest BCUT2D eigenvalue weighted by atomic mass is 10.1. The molecule has 0 radical (unpaired) electrons. The number of aryl methyl sites for hydroxylation is 1. The van der Waals surface area contributed by atoms with Crippen LogP contribution in [0.2, 0.25) is 0 Å². The van der Waals surface area contributed by atoms with E-state index < -0.39 is 5.82 Å². The molecule has 0 spiro atoms. The Morgan fingerprint density at radius 3 is 2.56 bits per heavy atom. The number of benzene rings is 3. The van der Waals surface area contributed by atoms with E-state index in [1.165, 1.54) is 12.1 Å². The summed E-state index contributed by atoms with van der Waals surface area (Å²) >= 11 is 0. The maximum Gasteiger partial charge on any atom is 0.260 e. The fraction of sp³-hybridized carbons (Fsp3) is 0.185. The predicted octanol–water partition coefficient (Wildman–Crippen LogP) is 5.47. The van der Waals surface area contributed by atoms with Crippen molar-refractivity contribution in [3.63, 3.8) is 0 Å². The average molecular weight is 455 g/mol. The number of amides is 1. The van der Waals surface area contributed by atoms with E-state index in [9.17, 15) is 9.18 Å². The standard InChI is InChI=1S/C27H23FN4O2/c1-18-8-9-19(28)16-24(18)34-27-25(26(33)31-14-12-30-13-15-31)22-11-10-20(29-2)17-23(22)32(27)21-6-4-3-5-7-21/h3-11,16-17,30H,12-15H2,1H3. The lowest BCUT2D eigenvalue weighted by molar-refractivity contribution is 0.0735. The number of aromatic nitrogens is 1. The maximum absolute atomic E-state index is 14.1. The lowest BCUT2D eigenvalue weighted by Gasteiger charge is -2.27. The lowest BCUT2D eigenvalue weighted by Crippen LogP contribution is -2.46. The van der Waals surface area contributed by atoms with Crippen molar-refractivity contribution in [1.82, 2.24) is 14.8 Å². The molecule has 1 aliphatic rings. The van der Waals surface area contributed by atoms with Crippen LogP contribution in [0.4, 0.5) is 10.1 Å². The number of nitrogens with one attached hydrogen (secondary N) is 1. The van der Waals surface area contributed by atoms with Crippen molar-refractivity contribution in [2.75, 3.05) is 26.2 Å². The van der Waals surface area contributed by atoms with Crippen LogP contribution in [0.25, 0.3) is 21.4 Å². The normalized spacial score (nSPS) is 13.6. The van der Waals surface area contributed by atoms with Crippen LogP contribution in [-0.4, -0.2) is 41.6 Å². The third kappa shape index (κ3) is 3.89. The Balaban J connectivity index is 1.81. The number of hydrogen-bond donors (Lipinski definition) is 1. The number of ether oxygens (including phenoxy) is 1. The summed E-state index contributed by atoms with van der Waals surface area (Å²) in [7, 11) is 0. The number of carbonyl (C=O) groups is 1. The summed E-state index contributed by atoms with van der Waals surface area (Å²) < 4.78 is 22.3. The molecule has 1 saturated heterocycles. The molecular weight excluding hydrogens is 431 g/mol. The van der Waals surface area contributed by atoms with Gasteiger partial charge in [-0.1, -0.05) is 36.4 Å². The number of fused-ring (bicyclic) bond motifs is 1. The average Bonchev–Trinajstić information content (AvgIpc) is 3.19. The van der Waals surface area contributed by atoms with Gasteiger partial charge in [0.1, 0.15) is 17.1 Å². The molecule has 1 amide bonds. The maximum atomic E-state index is 14.1. The Morgan fingerprint density at radius 2 is 1.82 bits per heavy atom. The Labute approximate surface area is 197 Å². The summed E-state index contributed by atoms with van der Waals surface area (Å²) in [6.45, 7) is 11.9. The zero-order chi connectivity index (χ0) is 23.7. The second-order valence-corrected chi connectivity index (χ2v) is 8.22. The minimum absolute atomic E-state index is 0.152. The van der Waals surface area contributed by atoms with E-state index in [4.69, 9.17) is 11.3 Å². The molecule has 170 valence electrons. The third-order valence-electron chi connectivity index (χ3n) is 6.03. The smallest absolute Gasteiger partial charge is 0.260 e. The number of carbonyl (C=O) groups excluding carboxylic acids is 1. The first-order chi connectivity index (χ1) is 16.6. The van der Waals surface area contributed by atoms with Crippen molar-refractivity contribution < 1.29 is 13.9 Å². The van der Waals surface area contributed by atoms with Crippen LogP contribution in [0.5, 0.6) is 11.6 Å². The van der Waals surface area contributed by atoms with Gasteiger partial charge in [-0.25, -0.2) is 9.24 Å². The van der Waals surface area contributed by atoms with E-state index >= 15 is 0 Å². The molecule has 1 aliphatic heterocycles. The van der Waals surface area contributed by atoms with Crippen molar-refractivity contribution in [3.8, 4) is 17.3 Å². The molecule has 1 N–H and O–H groups in total. The van der Waals surface area contributed by atoms with E-state index in [-0.39, 0.29) is 5.91 Å². The molecule has 0 aliphatic carbocycles. The second kappa shape index (κ2) is 9.00. The van der Waals surface area contributed by atoms with Crippen LogP contribution in [0.3, 0.4) is 0 Å². The molecule has 0 atom stereocenters. The summed E-state index contributed by atoms with van der Waals surface area (Å²) in [5.74, 6) is 0.0642. The first kappa shape index (κ1) is 21.7. The molecule has 0 bridgehead atoms. The SMILES string of the molecule is [C-]#[N+]c1ccc2c(C(=O)N3CCNCC3)c(Oc3cc(F)ccc3C)n(-c3ccccc3)c2c1. The topological polar surface area (TPSA) is 50.9 Å². The quantitative estimate of drug-likeness (QED) is 0.416. The highest BCUT2D eigenvalue weighted by Crippen LogP contribution is 2.40. The van der Waals surface area contributed by atoms with Gasteiger partial charge in [-0.2, -0.15) is 0 Å². The highest BCUT2D eigenvalue weighted by Gasteiger charge is 2.30. The largest absolute Gasteiger partial charge is 0.439 e. The van der Waals surface area contributed by atoms with Crippen LogP contribution < -0.4 is 10.1 Å². The molecule has 5 rings (SSSR count). The second-order valence-electron chi connectivity index (χ2n) is 8.22. The van der Waals surface area contributed by atoms with Gasteiger partial charge in [0.25, 0.3) is 5.91 Å². The fourth-order valence-corrected chi connectivity index (χ4v) is 4.27. The van der Waals surface area contributed by atoms with Crippen molar-refractivity contribution in [1.29, 1.82) is 0 Å². The van der Waals surface area contributed by atoms with Gasteiger partial charge in [0.2, 0.25) is 5.88 Å². The number of nitrogens with zero attached hydrogens (tertiary/aromatic N) is 3. The van der Waals surface area contributed by atoms with Crippen LogP contribution in [0.15, 0.2) is 66.7 Å². The van der Waals surface area contributed by atoms with Crippen molar-refractivity contribution in [2.24, 2.45) is 0 Å². The minimum Gasteiger partial charge on any atom is -0.439 e. The summed E-state index contributed by atoms with van der Waals surface area (Å²) in [5, 5.41) is 3.95. The molecular formula is C27H23FN4O2. The minimum atomic E-state index is -0.423. The van der Waals surface area contributed by atoms with Gasteiger partial charge in [0, 0.05) is 48.8 Å². The summed E-state index contributed by atoms with van der Waals surface area (Å²) in [4.78, 5) is 19.2. The highest BCUT2D eigenvalue weighted by molar-refractivity contribution is 6.11. The van der Waals surface area contributed by atoms with Gasteiger partial charge in [0.15, 0.2) is 5.69 Å². The summed E-state index contributed by atoms with van der Waals surface area (Å²) in [5.41, 5.74) is 3.06. The predicted molar refractivity (Wildman–Crippen MR) is 130 cm³/mol. The van der Waals surface area contributed by atoms with E-state index in [2.05, 4.69) is 10.2 Å². The third-order valence-corrected chi connectivity index (χ3v) is 6.03. The van der Waals surface area contributed by atoms with E-state index in [1.54, 1.807) is 29.2 Å². The Bertz CT molecular complexity index is 1420. The Hall–Kier alpha value is -4.15. The highest BCUT2D eigenvalue weighted by atomic mass is 19.1. The molecule has 7 heteroatoms. The van der Waals surface area contributed by atoms with Crippen LogP contribution >= 0.6 is 0 Å². The number of piperazine rings is 1. The Kier molecular flexibility index (Phi) is 5.74. The molecule has 6 nitrogen and oxygen atoms in total. The molecule has 3 aromatic carbocycles. The van der Waals surface area contributed by atoms with Gasteiger partial charge in [-0.15, -0.1) is 0 Å². The molecule has 0 unspecified atom stereocenters.